The first kappa shape index (κ1) is 21.5. The Hall–Kier alpha value is -2.20. The summed E-state index contributed by atoms with van der Waals surface area (Å²) >= 11 is 6.19. The number of carbonyl (C=O) groups is 1. The second-order valence-corrected chi connectivity index (χ2v) is 9.40. The van der Waals surface area contributed by atoms with Gasteiger partial charge >= 0.3 is 0 Å². The minimum absolute atomic E-state index is 0.0153. The third-order valence-electron chi connectivity index (χ3n) is 5.51. The van der Waals surface area contributed by atoms with Crippen molar-refractivity contribution < 1.29 is 14.6 Å². The van der Waals surface area contributed by atoms with Gasteiger partial charge < -0.3 is 15.2 Å². The molecule has 1 aliphatic carbocycles. The third kappa shape index (κ3) is 5.89. The van der Waals surface area contributed by atoms with Gasteiger partial charge in [-0.15, -0.1) is 0 Å². The van der Waals surface area contributed by atoms with Crippen molar-refractivity contribution in [3.63, 3.8) is 0 Å². The molecule has 0 heterocycles. The van der Waals surface area contributed by atoms with Crippen LogP contribution < -0.4 is 10.1 Å². The van der Waals surface area contributed by atoms with Crippen molar-refractivity contribution in [1.82, 2.24) is 0 Å². The highest BCUT2D eigenvalue weighted by Gasteiger charge is 2.28. The lowest BCUT2D eigenvalue weighted by molar-refractivity contribution is -0.121. The first-order valence-electron chi connectivity index (χ1n) is 10.2. The van der Waals surface area contributed by atoms with Crippen LogP contribution in [-0.4, -0.2) is 17.6 Å². The largest absolute Gasteiger partial charge is 0.508 e. The van der Waals surface area contributed by atoms with Crippen LogP contribution in [0.25, 0.3) is 0 Å². The minimum atomic E-state index is -0.0562. The third-order valence-corrected chi connectivity index (χ3v) is 5.75. The van der Waals surface area contributed by atoms with Crippen LogP contribution in [-0.2, 0) is 10.2 Å². The van der Waals surface area contributed by atoms with E-state index in [1.54, 1.807) is 24.3 Å². The molecule has 29 heavy (non-hydrogen) atoms. The number of amides is 1. The topological polar surface area (TPSA) is 58.6 Å². The summed E-state index contributed by atoms with van der Waals surface area (Å²) in [5.74, 6) is 1.44. The fourth-order valence-electron chi connectivity index (χ4n) is 3.89. The number of phenolic OH excluding ortho intramolecular Hbond substituents is 1. The Kier molecular flexibility index (Phi) is 6.74. The van der Waals surface area contributed by atoms with Gasteiger partial charge in [0.2, 0.25) is 5.91 Å². The van der Waals surface area contributed by atoms with E-state index < -0.39 is 0 Å². The van der Waals surface area contributed by atoms with Gasteiger partial charge in [0.25, 0.3) is 0 Å². The van der Waals surface area contributed by atoms with Crippen LogP contribution in [0.1, 0.15) is 52.0 Å². The maximum Gasteiger partial charge on any atom is 0.227 e. The SMILES string of the molecule is CC(C)(C)c1cc(Cl)ccc1OCC1CCCC(C(=O)Nc2ccc(O)cc2)C1. The highest BCUT2D eigenvalue weighted by molar-refractivity contribution is 6.30. The van der Waals surface area contributed by atoms with Crippen molar-refractivity contribution in [3.05, 3.63) is 53.1 Å². The zero-order chi connectivity index (χ0) is 21.0. The molecule has 0 aliphatic heterocycles. The Labute approximate surface area is 178 Å². The number of aromatic hydroxyl groups is 1. The molecule has 2 aromatic carbocycles. The highest BCUT2D eigenvalue weighted by Crippen LogP contribution is 2.35. The lowest BCUT2D eigenvalue weighted by Gasteiger charge is -2.29. The van der Waals surface area contributed by atoms with Crippen LogP contribution in [0, 0.1) is 11.8 Å². The monoisotopic (exact) mass is 415 g/mol. The molecule has 0 saturated heterocycles. The molecule has 2 N–H and O–H groups in total. The van der Waals surface area contributed by atoms with E-state index in [-0.39, 0.29) is 23.0 Å². The van der Waals surface area contributed by atoms with E-state index in [1.165, 1.54) is 0 Å². The van der Waals surface area contributed by atoms with Gasteiger partial charge in [-0.3, -0.25) is 4.79 Å². The zero-order valence-electron chi connectivity index (χ0n) is 17.4. The van der Waals surface area contributed by atoms with Crippen molar-refractivity contribution in [2.24, 2.45) is 11.8 Å². The molecule has 2 atom stereocenters. The molecular formula is C24H30ClNO3. The molecule has 0 aromatic heterocycles. The minimum Gasteiger partial charge on any atom is -0.508 e. The average molecular weight is 416 g/mol. The molecule has 1 aliphatic rings. The first-order chi connectivity index (χ1) is 13.7. The Morgan fingerprint density at radius 2 is 1.90 bits per heavy atom. The molecule has 1 saturated carbocycles. The molecule has 5 heteroatoms. The van der Waals surface area contributed by atoms with Gasteiger partial charge in [-0.1, -0.05) is 38.8 Å². The summed E-state index contributed by atoms with van der Waals surface area (Å²) in [5.41, 5.74) is 1.75. The van der Waals surface area contributed by atoms with Gasteiger partial charge in [0.15, 0.2) is 0 Å². The van der Waals surface area contributed by atoms with Crippen molar-refractivity contribution in [3.8, 4) is 11.5 Å². The molecular weight excluding hydrogens is 386 g/mol. The van der Waals surface area contributed by atoms with Crippen LogP contribution in [0.3, 0.4) is 0 Å². The number of hydrogen-bond donors (Lipinski definition) is 2. The maximum absolute atomic E-state index is 12.7. The summed E-state index contributed by atoms with van der Waals surface area (Å²) in [7, 11) is 0. The number of phenols is 1. The van der Waals surface area contributed by atoms with Gasteiger partial charge in [-0.05, 0) is 73.1 Å². The average Bonchev–Trinajstić information content (AvgIpc) is 2.68. The van der Waals surface area contributed by atoms with Gasteiger partial charge in [-0.2, -0.15) is 0 Å². The van der Waals surface area contributed by atoms with Crippen LogP contribution >= 0.6 is 11.6 Å². The quantitative estimate of drug-likeness (QED) is 0.574. The molecule has 1 fully saturated rings. The molecule has 3 rings (SSSR count). The maximum atomic E-state index is 12.7. The van der Waals surface area contributed by atoms with Crippen LogP contribution in [0.15, 0.2) is 42.5 Å². The van der Waals surface area contributed by atoms with E-state index in [2.05, 4.69) is 26.1 Å². The van der Waals surface area contributed by atoms with Crippen LogP contribution in [0.4, 0.5) is 5.69 Å². The molecule has 4 nitrogen and oxygen atoms in total. The Balaban J connectivity index is 1.59. The fraction of sp³-hybridized carbons (Fsp3) is 0.458. The second kappa shape index (κ2) is 9.08. The standard InChI is InChI=1S/C24H30ClNO3/c1-24(2,3)21-14-18(25)7-12-22(21)29-15-16-5-4-6-17(13-16)23(28)26-19-8-10-20(27)11-9-19/h7-12,14,16-17,27H,4-6,13,15H2,1-3H3,(H,26,28). The molecule has 2 aromatic rings. The Morgan fingerprint density at radius 3 is 2.59 bits per heavy atom. The number of ether oxygens (including phenoxy) is 1. The summed E-state index contributed by atoms with van der Waals surface area (Å²) in [5, 5.41) is 13.1. The van der Waals surface area contributed by atoms with E-state index in [4.69, 9.17) is 16.3 Å². The number of nitrogens with one attached hydrogen (secondary N) is 1. The molecule has 156 valence electrons. The molecule has 2 unspecified atom stereocenters. The number of anilines is 1. The van der Waals surface area contributed by atoms with Gasteiger partial charge in [-0.25, -0.2) is 0 Å². The van der Waals surface area contributed by atoms with E-state index in [9.17, 15) is 9.90 Å². The lowest BCUT2D eigenvalue weighted by Crippen LogP contribution is -2.30. The number of rotatable bonds is 5. The van der Waals surface area contributed by atoms with Crippen molar-refractivity contribution in [1.29, 1.82) is 0 Å². The van der Waals surface area contributed by atoms with E-state index in [0.717, 1.165) is 37.0 Å². The van der Waals surface area contributed by atoms with Crippen molar-refractivity contribution in [2.45, 2.75) is 51.9 Å². The first-order valence-corrected chi connectivity index (χ1v) is 10.6. The Bertz CT molecular complexity index is 842. The summed E-state index contributed by atoms with van der Waals surface area (Å²) in [6, 6.07) is 12.4. The predicted octanol–water partition coefficient (Wildman–Crippen LogP) is 6.17. The summed E-state index contributed by atoms with van der Waals surface area (Å²) in [6.07, 6.45) is 3.81. The van der Waals surface area contributed by atoms with Crippen LogP contribution in [0.5, 0.6) is 11.5 Å². The number of hydrogen-bond acceptors (Lipinski definition) is 3. The molecule has 0 radical (unpaired) electrons. The summed E-state index contributed by atoms with van der Waals surface area (Å²) in [6.45, 7) is 7.05. The zero-order valence-corrected chi connectivity index (χ0v) is 18.1. The highest BCUT2D eigenvalue weighted by atomic mass is 35.5. The normalized spacial score (nSPS) is 19.6. The smallest absolute Gasteiger partial charge is 0.227 e. The second-order valence-electron chi connectivity index (χ2n) is 8.97. The van der Waals surface area contributed by atoms with Gasteiger partial charge in [0.05, 0.1) is 6.61 Å². The van der Waals surface area contributed by atoms with Gasteiger partial charge in [0, 0.05) is 22.2 Å². The van der Waals surface area contributed by atoms with E-state index in [1.807, 2.05) is 18.2 Å². The van der Waals surface area contributed by atoms with E-state index in [0.29, 0.717) is 23.2 Å². The van der Waals surface area contributed by atoms with Gasteiger partial charge in [0.1, 0.15) is 11.5 Å². The van der Waals surface area contributed by atoms with E-state index >= 15 is 0 Å². The number of carbonyl (C=O) groups excluding carboxylic acids is 1. The summed E-state index contributed by atoms with van der Waals surface area (Å²) < 4.78 is 6.20. The van der Waals surface area contributed by atoms with Crippen molar-refractivity contribution >= 4 is 23.2 Å². The number of halogens is 1. The molecule has 1 amide bonds. The fourth-order valence-corrected chi connectivity index (χ4v) is 4.06. The lowest BCUT2D eigenvalue weighted by atomic mass is 9.81. The summed E-state index contributed by atoms with van der Waals surface area (Å²) in [4.78, 5) is 12.7. The number of benzene rings is 2. The predicted molar refractivity (Wildman–Crippen MR) is 118 cm³/mol. The molecule has 0 bridgehead atoms. The Morgan fingerprint density at radius 1 is 1.17 bits per heavy atom. The van der Waals surface area contributed by atoms with Crippen LogP contribution in [0.2, 0.25) is 5.02 Å². The van der Waals surface area contributed by atoms with Crippen molar-refractivity contribution in [2.75, 3.05) is 11.9 Å². The molecule has 0 spiro atoms.